The van der Waals surface area contributed by atoms with E-state index in [1.807, 2.05) is 6.07 Å². The highest BCUT2D eigenvalue weighted by Crippen LogP contribution is 2.40. The number of furan rings is 1. The Hall–Kier alpha value is -6.06. The minimum absolute atomic E-state index is 0.588. The predicted octanol–water partition coefficient (Wildman–Crippen LogP) is 11.4. The third-order valence-electron chi connectivity index (χ3n) is 8.67. The Balaban J connectivity index is 1.29. The lowest BCUT2D eigenvalue weighted by atomic mass is 9.96. The molecule has 210 valence electrons. The van der Waals surface area contributed by atoms with E-state index in [0.29, 0.717) is 11.5 Å². The van der Waals surface area contributed by atoms with E-state index in [1.165, 1.54) is 11.1 Å². The summed E-state index contributed by atoms with van der Waals surface area (Å²) >= 11 is 0. The van der Waals surface area contributed by atoms with Crippen LogP contribution in [0.15, 0.2) is 162 Å². The monoisotopic (exact) mass is 574 g/mol. The maximum Gasteiger partial charge on any atom is 0.231 e. The summed E-state index contributed by atoms with van der Waals surface area (Å²) in [5.41, 5.74) is 8.92. The molecule has 0 spiro atoms. The Morgan fingerprint density at radius 1 is 0.400 bits per heavy atom. The van der Waals surface area contributed by atoms with Crippen molar-refractivity contribution in [3.63, 3.8) is 0 Å². The summed E-state index contributed by atoms with van der Waals surface area (Å²) in [6, 6.07) is 55.2. The Kier molecular flexibility index (Phi) is 5.82. The molecular weight excluding hydrogens is 548 g/mol. The van der Waals surface area contributed by atoms with E-state index in [4.69, 9.17) is 14.4 Å². The van der Waals surface area contributed by atoms with Crippen molar-refractivity contribution in [3.8, 4) is 44.9 Å². The first kappa shape index (κ1) is 25.4. The first-order valence-electron chi connectivity index (χ1n) is 15.2. The Labute approximate surface area is 260 Å². The lowest BCUT2D eigenvalue weighted by Crippen LogP contribution is -1.95. The largest absolute Gasteiger partial charge is 0.438 e. The van der Waals surface area contributed by atoms with Gasteiger partial charge in [-0.1, -0.05) is 133 Å². The molecule has 0 radical (unpaired) electrons. The van der Waals surface area contributed by atoms with Gasteiger partial charge in [-0.25, -0.2) is 4.98 Å². The van der Waals surface area contributed by atoms with Gasteiger partial charge >= 0.3 is 0 Å². The minimum Gasteiger partial charge on any atom is -0.438 e. The Morgan fingerprint density at radius 2 is 0.978 bits per heavy atom. The fourth-order valence-electron chi connectivity index (χ4n) is 6.46. The molecule has 0 aliphatic rings. The van der Waals surface area contributed by atoms with Crippen molar-refractivity contribution in [2.75, 3.05) is 0 Å². The van der Waals surface area contributed by atoms with E-state index in [2.05, 4.69) is 152 Å². The number of hydrogen-bond donors (Lipinski definition) is 0. The van der Waals surface area contributed by atoms with Crippen molar-refractivity contribution in [1.82, 2.24) is 9.97 Å². The summed E-state index contributed by atoms with van der Waals surface area (Å²) in [4.78, 5) is 10.4. The molecule has 3 nitrogen and oxygen atoms in total. The molecule has 0 atom stereocenters. The molecule has 0 bridgehead atoms. The molecule has 9 aromatic rings. The van der Waals surface area contributed by atoms with E-state index in [-0.39, 0.29) is 0 Å². The van der Waals surface area contributed by atoms with Crippen molar-refractivity contribution in [1.29, 1.82) is 0 Å². The highest BCUT2D eigenvalue weighted by Gasteiger charge is 2.20. The normalized spacial score (nSPS) is 11.6. The molecule has 0 fully saturated rings. The van der Waals surface area contributed by atoms with Crippen molar-refractivity contribution < 1.29 is 4.42 Å². The lowest BCUT2D eigenvalue weighted by Gasteiger charge is -2.11. The predicted molar refractivity (Wildman–Crippen MR) is 186 cm³/mol. The number of hydrogen-bond acceptors (Lipinski definition) is 3. The van der Waals surface area contributed by atoms with E-state index in [9.17, 15) is 0 Å². The Bertz CT molecular complexity index is 2540. The number of benzene rings is 7. The van der Waals surface area contributed by atoms with Gasteiger partial charge in [0.2, 0.25) is 5.71 Å². The fourth-order valence-corrected chi connectivity index (χ4v) is 6.46. The second kappa shape index (κ2) is 10.3. The third-order valence-corrected chi connectivity index (χ3v) is 8.67. The average Bonchev–Trinajstić information content (AvgIpc) is 3.47. The molecule has 3 heteroatoms. The van der Waals surface area contributed by atoms with Gasteiger partial charge in [-0.2, -0.15) is 4.98 Å². The summed E-state index contributed by atoms with van der Waals surface area (Å²) in [6.07, 6.45) is 0. The van der Waals surface area contributed by atoms with E-state index < -0.39 is 0 Å². The molecule has 0 saturated carbocycles. The fraction of sp³-hybridized carbons (Fsp3) is 0. The Morgan fingerprint density at radius 3 is 1.78 bits per heavy atom. The van der Waals surface area contributed by atoms with Crippen LogP contribution in [0.25, 0.3) is 88.5 Å². The van der Waals surface area contributed by atoms with E-state index >= 15 is 0 Å². The van der Waals surface area contributed by atoms with Crippen LogP contribution >= 0.6 is 0 Å². The second-order valence-corrected chi connectivity index (χ2v) is 11.4. The van der Waals surface area contributed by atoms with Gasteiger partial charge in [-0.15, -0.1) is 0 Å². The molecule has 45 heavy (non-hydrogen) atoms. The first-order valence-corrected chi connectivity index (χ1v) is 15.2. The zero-order valence-corrected chi connectivity index (χ0v) is 24.3. The second-order valence-electron chi connectivity index (χ2n) is 11.4. The van der Waals surface area contributed by atoms with Crippen LogP contribution in [-0.2, 0) is 0 Å². The average molecular weight is 575 g/mol. The molecule has 0 unspecified atom stereocenters. The highest BCUT2D eigenvalue weighted by atomic mass is 16.3. The van der Waals surface area contributed by atoms with E-state index in [1.54, 1.807) is 0 Å². The highest BCUT2D eigenvalue weighted by molar-refractivity contribution is 6.14. The van der Waals surface area contributed by atoms with Crippen molar-refractivity contribution >= 4 is 43.6 Å². The van der Waals surface area contributed by atoms with Crippen molar-refractivity contribution in [3.05, 3.63) is 158 Å². The van der Waals surface area contributed by atoms with Crippen LogP contribution in [0.4, 0.5) is 0 Å². The van der Waals surface area contributed by atoms with Gasteiger partial charge < -0.3 is 4.42 Å². The first-order chi connectivity index (χ1) is 22.3. The topological polar surface area (TPSA) is 38.9 Å². The molecule has 9 rings (SSSR count). The molecule has 0 N–H and O–H groups in total. The van der Waals surface area contributed by atoms with Crippen LogP contribution in [-0.4, -0.2) is 9.97 Å². The number of aromatic nitrogens is 2. The number of nitrogens with zero attached hydrogens (tertiary/aromatic N) is 2. The third kappa shape index (κ3) is 4.37. The number of rotatable bonds is 4. The molecule has 2 aromatic heterocycles. The van der Waals surface area contributed by atoms with Crippen LogP contribution in [0.3, 0.4) is 0 Å². The lowest BCUT2D eigenvalue weighted by molar-refractivity contribution is 0.654. The maximum absolute atomic E-state index is 6.53. The van der Waals surface area contributed by atoms with Crippen molar-refractivity contribution in [2.45, 2.75) is 0 Å². The van der Waals surface area contributed by atoms with E-state index in [0.717, 1.165) is 65.8 Å². The van der Waals surface area contributed by atoms with Crippen molar-refractivity contribution in [2.24, 2.45) is 0 Å². The molecule has 0 saturated heterocycles. The quantitative estimate of drug-likeness (QED) is 0.210. The summed E-state index contributed by atoms with van der Waals surface area (Å²) < 4.78 is 6.53. The van der Waals surface area contributed by atoms with Gasteiger partial charge in [-0.05, 0) is 68.1 Å². The molecule has 0 amide bonds. The summed E-state index contributed by atoms with van der Waals surface area (Å²) in [5.74, 6) is 0.648. The van der Waals surface area contributed by atoms with Gasteiger partial charge in [0.05, 0.1) is 11.1 Å². The number of fused-ring (bicyclic) bond motifs is 5. The summed E-state index contributed by atoms with van der Waals surface area (Å²) in [7, 11) is 0. The maximum atomic E-state index is 6.53. The molecule has 0 aliphatic carbocycles. The van der Waals surface area contributed by atoms with Crippen LogP contribution < -0.4 is 0 Å². The van der Waals surface area contributed by atoms with Gasteiger partial charge in [0.15, 0.2) is 5.82 Å². The summed E-state index contributed by atoms with van der Waals surface area (Å²) in [5, 5.41) is 6.49. The summed E-state index contributed by atoms with van der Waals surface area (Å²) in [6.45, 7) is 0. The van der Waals surface area contributed by atoms with Gasteiger partial charge in [0.1, 0.15) is 5.58 Å². The van der Waals surface area contributed by atoms with Gasteiger partial charge in [-0.3, -0.25) is 0 Å². The molecular formula is C42H26N2O. The van der Waals surface area contributed by atoms with Crippen LogP contribution in [0, 0.1) is 0 Å². The zero-order valence-electron chi connectivity index (χ0n) is 24.3. The van der Waals surface area contributed by atoms with Gasteiger partial charge in [0, 0.05) is 16.5 Å². The SMILES string of the molecule is c1ccc(-c2cccc(-c3cccc(-c4nc(-c5cccc6ccccc56)nc5oc6cc7ccccc7cc6c45)c3)c2)cc1. The zero-order chi connectivity index (χ0) is 29.7. The molecule has 2 heterocycles. The minimum atomic E-state index is 0.588. The molecule has 0 aliphatic heterocycles. The molecule has 7 aromatic carbocycles. The standard InChI is InChI=1S/C42H26N2O/c1-2-11-27(12-3-1)29-17-8-18-30(23-29)31-19-9-20-34(24-31)40-39-37-25-32-14-4-5-15-33(32)26-38(37)45-42(39)44-41(43-40)36-22-10-16-28-13-6-7-21-35(28)36/h1-26H. The van der Waals surface area contributed by atoms with Crippen LogP contribution in [0.2, 0.25) is 0 Å². The smallest absolute Gasteiger partial charge is 0.231 e. The van der Waals surface area contributed by atoms with Crippen LogP contribution in [0.5, 0.6) is 0 Å². The van der Waals surface area contributed by atoms with Crippen LogP contribution in [0.1, 0.15) is 0 Å². The van der Waals surface area contributed by atoms with Gasteiger partial charge in [0.25, 0.3) is 0 Å².